The smallest absolute Gasteiger partial charge is 0.251 e. The van der Waals surface area contributed by atoms with Gasteiger partial charge in [-0.1, -0.05) is 24.3 Å². The molecule has 164 valence electrons. The summed E-state index contributed by atoms with van der Waals surface area (Å²) in [5, 5.41) is 0. The zero-order valence-corrected chi connectivity index (χ0v) is 18.4. The topological polar surface area (TPSA) is 62.7 Å². The Morgan fingerprint density at radius 3 is 2.45 bits per heavy atom. The van der Waals surface area contributed by atoms with Crippen LogP contribution in [-0.4, -0.2) is 66.5 Å². The molecule has 1 aromatic carbocycles. The van der Waals surface area contributed by atoms with Gasteiger partial charge in [0.15, 0.2) is 0 Å². The number of likely N-dealkylation sites (tertiary alicyclic amines) is 1. The van der Waals surface area contributed by atoms with Crippen LogP contribution in [0.3, 0.4) is 0 Å². The summed E-state index contributed by atoms with van der Waals surface area (Å²) in [5.41, 5.74) is 2.75. The van der Waals surface area contributed by atoms with E-state index in [1.54, 1.807) is 31.4 Å². The molecule has 2 saturated heterocycles. The average molecular weight is 422 g/mol. The van der Waals surface area contributed by atoms with Crippen LogP contribution in [0.1, 0.15) is 31.2 Å². The van der Waals surface area contributed by atoms with E-state index in [1.165, 1.54) is 0 Å². The van der Waals surface area contributed by atoms with E-state index >= 15 is 0 Å². The first kappa shape index (κ1) is 21.5. The maximum atomic E-state index is 13.4. The Hall–Kier alpha value is -2.73. The highest BCUT2D eigenvalue weighted by Crippen LogP contribution is 2.36. The van der Waals surface area contributed by atoms with Crippen molar-refractivity contribution < 1.29 is 14.3 Å². The Bertz CT molecular complexity index is 907. The zero-order chi connectivity index (χ0) is 21.8. The third-order valence-electron chi connectivity index (χ3n) is 6.46. The van der Waals surface area contributed by atoms with E-state index in [-0.39, 0.29) is 17.9 Å². The summed E-state index contributed by atoms with van der Waals surface area (Å²) in [6.45, 7) is 1.80. The lowest BCUT2D eigenvalue weighted by Gasteiger charge is -2.43. The molecular weight excluding hydrogens is 390 g/mol. The molecule has 2 atom stereocenters. The van der Waals surface area contributed by atoms with E-state index < -0.39 is 5.41 Å². The summed E-state index contributed by atoms with van der Waals surface area (Å²) >= 11 is 0. The molecule has 2 aliphatic rings. The molecule has 3 heterocycles. The molecular formula is C25H31N3O3. The lowest BCUT2D eigenvalue weighted by molar-refractivity contribution is -0.151. The first-order chi connectivity index (χ1) is 15.0. The SMILES string of the molecule is CN(C)C(=O)[C@@]1(Cc2ccc(-c3ccncc3)cc2)CCCN(C(=O)[C@H]2CCCO2)C1. The number of carbonyl (C=O) groups is 2. The van der Waals surface area contributed by atoms with Crippen molar-refractivity contribution in [3.8, 4) is 11.1 Å². The number of carbonyl (C=O) groups excluding carboxylic acids is 2. The summed E-state index contributed by atoms with van der Waals surface area (Å²) in [6.07, 6.45) is 7.17. The van der Waals surface area contributed by atoms with Gasteiger partial charge in [0.1, 0.15) is 6.10 Å². The Kier molecular flexibility index (Phi) is 6.37. The lowest BCUT2D eigenvalue weighted by Crippen LogP contribution is -2.55. The van der Waals surface area contributed by atoms with Crippen LogP contribution in [0.25, 0.3) is 11.1 Å². The van der Waals surface area contributed by atoms with Crippen LogP contribution in [0.2, 0.25) is 0 Å². The second-order valence-corrected chi connectivity index (χ2v) is 8.95. The molecule has 0 aliphatic carbocycles. The van der Waals surface area contributed by atoms with Gasteiger partial charge in [-0.25, -0.2) is 0 Å². The Labute approximate surface area is 184 Å². The van der Waals surface area contributed by atoms with Crippen molar-refractivity contribution in [1.82, 2.24) is 14.8 Å². The average Bonchev–Trinajstić information content (AvgIpc) is 3.34. The van der Waals surface area contributed by atoms with Crippen LogP contribution in [-0.2, 0) is 20.7 Å². The van der Waals surface area contributed by atoms with Gasteiger partial charge in [0, 0.05) is 46.2 Å². The molecule has 2 fully saturated rings. The molecule has 1 aromatic heterocycles. The van der Waals surface area contributed by atoms with Crippen LogP contribution in [0.4, 0.5) is 0 Å². The summed E-state index contributed by atoms with van der Waals surface area (Å²) in [4.78, 5) is 34.0. The predicted octanol–water partition coefficient (Wildman–Crippen LogP) is 3.17. The summed E-state index contributed by atoms with van der Waals surface area (Å²) in [6, 6.07) is 12.4. The highest BCUT2D eigenvalue weighted by Gasteiger charge is 2.45. The minimum Gasteiger partial charge on any atom is -0.368 e. The van der Waals surface area contributed by atoms with Gasteiger partial charge in [0.25, 0.3) is 5.91 Å². The number of hydrogen-bond donors (Lipinski definition) is 0. The third kappa shape index (κ3) is 4.64. The van der Waals surface area contributed by atoms with Gasteiger partial charge in [-0.3, -0.25) is 14.6 Å². The van der Waals surface area contributed by atoms with Gasteiger partial charge in [0.05, 0.1) is 5.41 Å². The van der Waals surface area contributed by atoms with E-state index in [0.29, 0.717) is 26.1 Å². The number of aromatic nitrogens is 1. The van der Waals surface area contributed by atoms with Crippen molar-refractivity contribution in [2.45, 2.75) is 38.2 Å². The molecule has 0 N–H and O–H groups in total. The minimum atomic E-state index is -0.603. The number of nitrogens with zero attached hydrogens (tertiary/aromatic N) is 3. The number of pyridine rings is 1. The zero-order valence-electron chi connectivity index (χ0n) is 18.4. The largest absolute Gasteiger partial charge is 0.368 e. The molecule has 2 amide bonds. The van der Waals surface area contributed by atoms with Crippen molar-refractivity contribution >= 4 is 11.8 Å². The van der Waals surface area contributed by atoms with Gasteiger partial charge < -0.3 is 14.5 Å². The van der Waals surface area contributed by atoms with E-state index in [1.807, 2.05) is 17.0 Å². The van der Waals surface area contributed by atoms with Gasteiger partial charge >= 0.3 is 0 Å². The fraction of sp³-hybridized carbons (Fsp3) is 0.480. The molecule has 0 unspecified atom stereocenters. The lowest BCUT2D eigenvalue weighted by atomic mass is 9.73. The molecule has 6 nitrogen and oxygen atoms in total. The molecule has 4 rings (SSSR count). The van der Waals surface area contributed by atoms with Crippen LogP contribution in [0.15, 0.2) is 48.8 Å². The van der Waals surface area contributed by atoms with E-state index in [0.717, 1.165) is 42.4 Å². The Balaban J connectivity index is 1.56. The number of piperidine rings is 1. The molecule has 0 bridgehead atoms. The molecule has 0 radical (unpaired) electrons. The monoisotopic (exact) mass is 421 g/mol. The fourth-order valence-electron chi connectivity index (χ4n) is 4.91. The summed E-state index contributed by atoms with van der Waals surface area (Å²) in [7, 11) is 3.61. The molecule has 0 saturated carbocycles. The van der Waals surface area contributed by atoms with E-state index in [4.69, 9.17) is 4.74 Å². The number of benzene rings is 1. The summed E-state index contributed by atoms with van der Waals surface area (Å²) < 4.78 is 5.63. The number of ether oxygens (including phenoxy) is 1. The maximum absolute atomic E-state index is 13.4. The fourth-order valence-corrected chi connectivity index (χ4v) is 4.91. The van der Waals surface area contributed by atoms with Crippen molar-refractivity contribution in [3.05, 3.63) is 54.4 Å². The van der Waals surface area contributed by atoms with Crippen LogP contribution < -0.4 is 0 Å². The Morgan fingerprint density at radius 2 is 1.81 bits per heavy atom. The van der Waals surface area contributed by atoms with E-state index in [9.17, 15) is 9.59 Å². The quantitative estimate of drug-likeness (QED) is 0.744. The third-order valence-corrected chi connectivity index (χ3v) is 6.46. The van der Waals surface area contributed by atoms with E-state index in [2.05, 4.69) is 29.2 Å². The van der Waals surface area contributed by atoms with Crippen molar-refractivity contribution in [1.29, 1.82) is 0 Å². The number of hydrogen-bond acceptors (Lipinski definition) is 4. The van der Waals surface area contributed by atoms with Crippen LogP contribution >= 0.6 is 0 Å². The summed E-state index contributed by atoms with van der Waals surface area (Å²) in [5.74, 6) is 0.136. The Morgan fingerprint density at radius 1 is 1.10 bits per heavy atom. The van der Waals surface area contributed by atoms with Crippen LogP contribution in [0.5, 0.6) is 0 Å². The standard InChI is InChI=1S/C25H31N3O3/c1-27(2)24(30)25(12-4-15-28(18-25)23(29)22-5-3-16-31-22)17-19-6-8-20(9-7-19)21-10-13-26-14-11-21/h6-11,13-14,22H,3-5,12,15-18H2,1-2H3/t22-,25-/m1/s1. The van der Waals surface area contributed by atoms with Crippen molar-refractivity contribution in [2.75, 3.05) is 33.8 Å². The molecule has 2 aliphatic heterocycles. The normalized spacial score (nSPS) is 23.5. The highest BCUT2D eigenvalue weighted by molar-refractivity contribution is 5.86. The second-order valence-electron chi connectivity index (χ2n) is 8.95. The second kappa shape index (κ2) is 9.18. The molecule has 6 heteroatoms. The first-order valence-corrected chi connectivity index (χ1v) is 11.1. The van der Waals surface area contributed by atoms with Crippen molar-refractivity contribution in [3.63, 3.8) is 0 Å². The first-order valence-electron chi connectivity index (χ1n) is 11.1. The number of amides is 2. The molecule has 31 heavy (non-hydrogen) atoms. The van der Waals surface area contributed by atoms with Crippen molar-refractivity contribution in [2.24, 2.45) is 5.41 Å². The number of rotatable bonds is 5. The molecule has 0 spiro atoms. The predicted molar refractivity (Wildman–Crippen MR) is 119 cm³/mol. The maximum Gasteiger partial charge on any atom is 0.251 e. The van der Waals surface area contributed by atoms with Gasteiger partial charge in [-0.05, 0) is 60.9 Å². The van der Waals surface area contributed by atoms with Crippen LogP contribution in [0, 0.1) is 5.41 Å². The minimum absolute atomic E-state index is 0.0427. The molecule has 2 aromatic rings. The highest BCUT2D eigenvalue weighted by atomic mass is 16.5. The van der Waals surface area contributed by atoms with Gasteiger partial charge in [0.2, 0.25) is 5.91 Å². The van der Waals surface area contributed by atoms with Gasteiger partial charge in [-0.15, -0.1) is 0 Å². The van der Waals surface area contributed by atoms with Gasteiger partial charge in [-0.2, -0.15) is 0 Å².